The van der Waals surface area contributed by atoms with E-state index in [0.717, 1.165) is 34.9 Å². The summed E-state index contributed by atoms with van der Waals surface area (Å²) in [4.78, 5) is 0. The summed E-state index contributed by atoms with van der Waals surface area (Å²) in [5.74, 6) is 1.00. The first-order valence-corrected chi connectivity index (χ1v) is 6.06. The Bertz CT molecular complexity index is 382. The van der Waals surface area contributed by atoms with Crippen molar-refractivity contribution in [1.82, 2.24) is 10.2 Å². The maximum absolute atomic E-state index is 9.05. The van der Waals surface area contributed by atoms with Gasteiger partial charge in [-0.15, -0.1) is 16.9 Å². The Morgan fingerprint density at radius 1 is 1.33 bits per heavy atom. The van der Waals surface area contributed by atoms with Gasteiger partial charge in [0.1, 0.15) is 11.1 Å². The van der Waals surface area contributed by atoms with Gasteiger partial charge in [0, 0.05) is 0 Å². The lowest BCUT2D eigenvalue weighted by Crippen LogP contribution is -1.99. The van der Waals surface area contributed by atoms with Gasteiger partial charge in [-0.2, -0.15) is 10.4 Å². The zero-order chi connectivity index (χ0) is 11.3. The van der Waals surface area contributed by atoms with E-state index < -0.39 is 0 Å². The number of hydrogen-bond acceptors (Lipinski definition) is 4. The van der Waals surface area contributed by atoms with Gasteiger partial charge in [0.2, 0.25) is 0 Å². The molecule has 0 atom stereocenters. The summed E-state index contributed by atoms with van der Waals surface area (Å²) in [7, 11) is 0. The Balaban J connectivity index is 2.89. The lowest BCUT2D eigenvalue weighted by atomic mass is 10.1. The number of nitrogens with zero attached hydrogens (tertiary/aromatic N) is 3. The third kappa shape index (κ3) is 2.93. The van der Waals surface area contributed by atoms with Crippen molar-refractivity contribution < 1.29 is 0 Å². The van der Waals surface area contributed by atoms with Crippen molar-refractivity contribution in [2.75, 3.05) is 5.75 Å². The molecule has 1 heterocycles. The van der Waals surface area contributed by atoms with E-state index in [9.17, 15) is 0 Å². The number of hydrogen-bond donors (Lipinski definition) is 0. The molecule has 0 unspecified atom stereocenters. The third-order valence-corrected chi connectivity index (χ3v) is 3.32. The van der Waals surface area contributed by atoms with Gasteiger partial charge in [-0.05, 0) is 31.6 Å². The van der Waals surface area contributed by atoms with Crippen molar-refractivity contribution in [3.8, 4) is 6.07 Å². The van der Waals surface area contributed by atoms with Crippen LogP contribution in [0.4, 0.5) is 0 Å². The summed E-state index contributed by atoms with van der Waals surface area (Å²) in [6.45, 7) is 5.95. The highest BCUT2D eigenvalue weighted by atomic mass is 32.2. The third-order valence-electron chi connectivity index (χ3n) is 2.27. The largest absolute Gasteiger partial charge is 0.192 e. The second-order valence-electron chi connectivity index (χ2n) is 3.40. The predicted molar refractivity (Wildman–Crippen MR) is 61.9 cm³/mol. The molecule has 0 saturated carbocycles. The fraction of sp³-hybridized carbons (Fsp3) is 0.545. The van der Waals surface area contributed by atoms with Crippen LogP contribution in [0.5, 0.6) is 0 Å². The van der Waals surface area contributed by atoms with Crippen molar-refractivity contribution in [3.63, 3.8) is 0 Å². The zero-order valence-corrected chi connectivity index (χ0v) is 10.2. The van der Waals surface area contributed by atoms with Gasteiger partial charge in [-0.3, -0.25) is 0 Å². The van der Waals surface area contributed by atoms with Crippen LogP contribution in [0.2, 0.25) is 0 Å². The summed E-state index contributed by atoms with van der Waals surface area (Å²) in [6.07, 6.45) is 2.30. The van der Waals surface area contributed by atoms with E-state index in [0.29, 0.717) is 5.56 Å². The molecule has 0 fully saturated rings. The van der Waals surface area contributed by atoms with E-state index in [1.54, 1.807) is 11.8 Å². The zero-order valence-electron chi connectivity index (χ0n) is 9.37. The molecular weight excluding hydrogens is 206 g/mol. The van der Waals surface area contributed by atoms with Crippen LogP contribution in [0.25, 0.3) is 0 Å². The van der Waals surface area contributed by atoms with Crippen molar-refractivity contribution in [2.45, 2.75) is 38.6 Å². The molecule has 0 bridgehead atoms. The summed E-state index contributed by atoms with van der Waals surface area (Å²) in [5, 5.41) is 17.9. The Kier molecular flexibility index (Phi) is 4.57. The number of aromatic nitrogens is 2. The summed E-state index contributed by atoms with van der Waals surface area (Å²) in [5.41, 5.74) is 2.47. The first-order valence-electron chi connectivity index (χ1n) is 5.07. The number of unbranched alkanes of at least 4 members (excludes halogenated alkanes) is 1. The maximum atomic E-state index is 9.05. The second kappa shape index (κ2) is 5.72. The van der Waals surface area contributed by atoms with Gasteiger partial charge in [-0.25, -0.2) is 0 Å². The predicted octanol–water partition coefficient (Wildman–Crippen LogP) is 2.86. The fourth-order valence-electron chi connectivity index (χ4n) is 1.13. The van der Waals surface area contributed by atoms with Gasteiger partial charge in [-0.1, -0.05) is 13.3 Å². The van der Waals surface area contributed by atoms with Crippen LogP contribution >= 0.6 is 11.8 Å². The van der Waals surface area contributed by atoms with Crippen molar-refractivity contribution >= 4 is 11.8 Å². The lowest BCUT2D eigenvalue weighted by Gasteiger charge is -2.05. The van der Waals surface area contributed by atoms with Gasteiger partial charge < -0.3 is 0 Å². The van der Waals surface area contributed by atoms with Crippen molar-refractivity contribution in [2.24, 2.45) is 0 Å². The Hall–Kier alpha value is -1.08. The van der Waals surface area contributed by atoms with Crippen LogP contribution in [0.3, 0.4) is 0 Å². The van der Waals surface area contributed by atoms with Crippen LogP contribution in [0.15, 0.2) is 5.03 Å². The molecule has 0 spiro atoms. The molecule has 3 nitrogen and oxygen atoms in total. The monoisotopic (exact) mass is 221 g/mol. The average molecular weight is 221 g/mol. The Morgan fingerprint density at radius 2 is 2.07 bits per heavy atom. The standard InChI is InChI=1S/C11H15N3S/c1-4-5-6-15-11-10(7-12)8(2)9(3)13-14-11/h4-6H2,1-3H3. The van der Waals surface area contributed by atoms with Crippen molar-refractivity contribution in [1.29, 1.82) is 5.26 Å². The van der Waals surface area contributed by atoms with E-state index in [-0.39, 0.29) is 0 Å². The fourth-order valence-corrected chi connectivity index (χ4v) is 2.20. The van der Waals surface area contributed by atoms with Crippen LogP contribution in [0.1, 0.15) is 36.6 Å². The summed E-state index contributed by atoms with van der Waals surface area (Å²) in [6, 6.07) is 2.21. The van der Waals surface area contributed by atoms with E-state index >= 15 is 0 Å². The molecule has 0 aromatic carbocycles. The molecule has 0 aliphatic heterocycles. The molecular formula is C11H15N3S. The minimum Gasteiger partial charge on any atom is -0.192 e. The van der Waals surface area contributed by atoms with Gasteiger partial charge in [0.15, 0.2) is 0 Å². The first-order chi connectivity index (χ1) is 7.20. The number of thioether (sulfide) groups is 1. The highest BCUT2D eigenvalue weighted by Gasteiger charge is 2.10. The SMILES string of the molecule is CCCCSc1nnc(C)c(C)c1C#N. The molecule has 15 heavy (non-hydrogen) atoms. The smallest absolute Gasteiger partial charge is 0.137 e. The van der Waals surface area contributed by atoms with E-state index in [2.05, 4.69) is 23.2 Å². The molecule has 0 aliphatic carbocycles. The van der Waals surface area contributed by atoms with Gasteiger partial charge in [0.25, 0.3) is 0 Å². The molecule has 1 rings (SSSR count). The highest BCUT2D eigenvalue weighted by Crippen LogP contribution is 2.23. The van der Waals surface area contributed by atoms with E-state index in [1.807, 2.05) is 13.8 Å². The van der Waals surface area contributed by atoms with Crippen LogP contribution in [-0.2, 0) is 0 Å². The average Bonchev–Trinajstić information content (AvgIpc) is 2.24. The number of nitriles is 1. The van der Waals surface area contributed by atoms with E-state index in [4.69, 9.17) is 5.26 Å². The van der Waals surface area contributed by atoms with Crippen LogP contribution in [0, 0.1) is 25.2 Å². The number of rotatable bonds is 4. The topological polar surface area (TPSA) is 49.6 Å². The minimum atomic E-state index is 0.684. The lowest BCUT2D eigenvalue weighted by molar-refractivity contribution is 0.861. The molecule has 0 radical (unpaired) electrons. The highest BCUT2D eigenvalue weighted by molar-refractivity contribution is 7.99. The summed E-state index contributed by atoms with van der Waals surface area (Å²) >= 11 is 1.62. The summed E-state index contributed by atoms with van der Waals surface area (Å²) < 4.78 is 0. The van der Waals surface area contributed by atoms with Gasteiger partial charge >= 0.3 is 0 Å². The Labute approximate surface area is 94.9 Å². The normalized spacial score (nSPS) is 10.0. The van der Waals surface area contributed by atoms with Crippen molar-refractivity contribution in [3.05, 3.63) is 16.8 Å². The maximum Gasteiger partial charge on any atom is 0.137 e. The second-order valence-corrected chi connectivity index (χ2v) is 4.49. The molecule has 0 amide bonds. The molecule has 0 aliphatic rings. The van der Waals surface area contributed by atoms with Gasteiger partial charge in [0.05, 0.1) is 11.3 Å². The molecule has 0 N–H and O–H groups in total. The minimum absolute atomic E-state index is 0.684. The van der Waals surface area contributed by atoms with Crippen LogP contribution < -0.4 is 0 Å². The first kappa shape index (κ1) is 12.0. The molecule has 80 valence electrons. The molecule has 1 aromatic heterocycles. The quantitative estimate of drug-likeness (QED) is 0.579. The van der Waals surface area contributed by atoms with E-state index in [1.165, 1.54) is 0 Å². The number of aryl methyl sites for hydroxylation is 1. The molecule has 1 aromatic rings. The van der Waals surface area contributed by atoms with Crippen LogP contribution in [-0.4, -0.2) is 16.0 Å². The molecule has 4 heteroatoms. The molecule has 0 saturated heterocycles. The Morgan fingerprint density at radius 3 is 2.67 bits per heavy atom.